The minimum Gasteiger partial charge on any atom is -0.451 e. The first kappa shape index (κ1) is 13.6. The van der Waals surface area contributed by atoms with E-state index in [-0.39, 0.29) is 18.4 Å². The third kappa shape index (κ3) is 3.58. The van der Waals surface area contributed by atoms with E-state index in [1.807, 2.05) is 31.2 Å². The average Bonchev–Trinajstić information content (AvgIpc) is 2.87. The molecule has 2 rings (SSSR count). The lowest BCUT2D eigenvalue weighted by molar-refractivity contribution is 0.0926. The Bertz CT molecular complexity index is 514. The Hall–Kier alpha value is -1.81. The highest BCUT2D eigenvalue weighted by Crippen LogP contribution is 2.18. The summed E-state index contributed by atoms with van der Waals surface area (Å²) in [4.78, 5) is 11.9. The van der Waals surface area contributed by atoms with Gasteiger partial charge >= 0.3 is 0 Å². The van der Waals surface area contributed by atoms with Crippen LogP contribution in [-0.2, 0) is 0 Å². The molecule has 1 amide bonds. The van der Waals surface area contributed by atoms with Crippen molar-refractivity contribution in [2.45, 2.75) is 19.8 Å². The van der Waals surface area contributed by atoms with E-state index in [0.717, 1.165) is 23.8 Å². The number of nitrogens with one attached hydrogen (secondary N) is 1. The molecular weight excluding hydrogens is 242 g/mol. The zero-order valence-electron chi connectivity index (χ0n) is 11.1. The fraction of sp³-hybridized carbons (Fsp3) is 0.400. The van der Waals surface area contributed by atoms with Gasteiger partial charge in [0.25, 0.3) is 5.91 Å². The summed E-state index contributed by atoms with van der Waals surface area (Å²) in [7, 11) is 0. The minimum absolute atomic E-state index is 0.187. The molecule has 1 unspecified atom stereocenters. The van der Waals surface area contributed by atoms with Crippen LogP contribution in [0, 0.1) is 5.92 Å². The van der Waals surface area contributed by atoms with E-state index in [1.165, 1.54) is 0 Å². The molecule has 0 aliphatic heterocycles. The molecule has 1 atom stereocenters. The van der Waals surface area contributed by atoms with E-state index < -0.39 is 0 Å². The number of furan rings is 1. The van der Waals surface area contributed by atoms with Gasteiger partial charge in [-0.1, -0.05) is 25.1 Å². The third-order valence-electron chi connectivity index (χ3n) is 3.12. The van der Waals surface area contributed by atoms with E-state index in [0.29, 0.717) is 12.3 Å². The molecule has 4 nitrogen and oxygen atoms in total. The quantitative estimate of drug-likeness (QED) is 0.786. The highest BCUT2D eigenvalue weighted by Gasteiger charge is 2.11. The van der Waals surface area contributed by atoms with Gasteiger partial charge in [0, 0.05) is 18.5 Å². The summed E-state index contributed by atoms with van der Waals surface area (Å²) in [6.45, 7) is 2.78. The Morgan fingerprint density at radius 2 is 2.21 bits per heavy atom. The molecule has 0 spiro atoms. The Kier molecular flexibility index (Phi) is 4.58. The van der Waals surface area contributed by atoms with Crippen LogP contribution in [-0.4, -0.2) is 24.2 Å². The van der Waals surface area contributed by atoms with Crippen LogP contribution in [0.1, 0.15) is 30.3 Å². The Morgan fingerprint density at radius 1 is 1.42 bits per heavy atom. The van der Waals surface area contributed by atoms with Crippen molar-refractivity contribution in [2.75, 3.05) is 13.2 Å². The van der Waals surface area contributed by atoms with Crippen molar-refractivity contribution in [1.29, 1.82) is 0 Å². The summed E-state index contributed by atoms with van der Waals surface area (Å²) in [6, 6.07) is 9.30. The zero-order chi connectivity index (χ0) is 13.7. The SMILES string of the molecule is CC(CO)CCCNC(=O)c1cc2ccccc2o1. The van der Waals surface area contributed by atoms with Gasteiger partial charge < -0.3 is 14.8 Å². The number of hydrogen-bond acceptors (Lipinski definition) is 3. The Balaban J connectivity index is 1.86. The topological polar surface area (TPSA) is 62.5 Å². The second-order valence-electron chi connectivity index (χ2n) is 4.83. The molecule has 1 aromatic heterocycles. The first-order valence-electron chi connectivity index (χ1n) is 6.58. The molecule has 4 heteroatoms. The van der Waals surface area contributed by atoms with Gasteiger partial charge in [0.15, 0.2) is 5.76 Å². The van der Waals surface area contributed by atoms with Gasteiger partial charge in [-0.15, -0.1) is 0 Å². The molecular formula is C15H19NO3. The third-order valence-corrected chi connectivity index (χ3v) is 3.12. The van der Waals surface area contributed by atoms with Crippen LogP contribution in [0.3, 0.4) is 0 Å². The lowest BCUT2D eigenvalue weighted by Gasteiger charge is -2.07. The van der Waals surface area contributed by atoms with E-state index in [2.05, 4.69) is 5.32 Å². The van der Waals surface area contributed by atoms with Gasteiger partial charge in [0.05, 0.1) is 0 Å². The van der Waals surface area contributed by atoms with Crippen molar-refractivity contribution >= 4 is 16.9 Å². The van der Waals surface area contributed by atoms with Crippen LogP contribution in [0.4, 0.5) is 0 Å². The molecule has 0 saturated heterocycles. The summed E-state index contributed by atoms with van der Waals surface area (Å²) in [5.41, 5.74) is 0.724. The van der Waals surface area contributed by atoms with Crippen LogP contribution < -0.4 is 5.32 Å². The molecule has 0 aliphatic rings. The molecule has 2 N–H and O–H groups in total. The Morgan fingerprint density at radius 3 is 2.95 bits per heavy atom. The van der Waals surface area contributed by atoms with Crippen LogP contribution in [0.15, 0.2) is 34.7 Å². The first-order valence-corrected chi connectivity index (χ1v) is 6.58. The smallest absolute Gasteiger partial charge is 0.287 e. The van der Waals surface area contributed by atoms with Gasteiger partial charge in [-0.25, -0.2) is 0 Å². The molecule has 0 radical (unpaired) electrons. The summed E-state index contributed by atoms with van der Waals surface area (Å²) >= 11 is 0. The number of carbonyl (C=O) groups excluding carboxylic acids is 1. The summed E-state index contributed by atoms with van der Waals surface area (Å²) in [6.07, 6.45) is 1.75. The van der Waals surface area contributed by atoms with Crippen molar-refractivity contribution < 1.29 is 14.3 Å². The number of benzene rings is 1. The normalized spacial score (nSPS) is 12.5. The second kappa shape index (κ2) is 6.38. The minimum atomic E-state index is -0.187. The van der Waals surface area contributed by atoms with Gasteiger partial charge in [0.2, 0.25) is 0 Å². The number of aliphatic hydroxyl groups excluding tert-OH is 1. The zero-order valence-corrected chi connectivity index (χ0v) is 11.1. The van der Waals surface area contributed by atoms with Gasteiger partial charge in [-0.05, 0) is 30.9 Å². The number of para-hydroxylation sites is 1. The first-order chi connectivity index (χ1) is 9.20. The molecule has 0 bridgehead atoms. The van der Waals surface area contributed by atoms with E-state index in [1.54, 1.807) is 6.07 Å². The number of carbonyl (C=O) groups is 1. The number of fused-ring (bicyclic) bond motifs is 1. The summed E-state index contributed by atoms with van der Waals surface area (Å²) < 4.78 is 5.48. The lowest BCUT2D eigenvalue weighted by Crippen LogP contribution is -2.24. The maximum atomic E-state index is 11.9. The number of rotatable bonds is 6. The number of aliphatic hydroxyl groups is 1. The number of hydrogen-bond donors (Lipinski definition) is 2. The molecule has 0 saturated carbocycles. The van der Waals surface area contributed by atoms with Crippen molar-refractivity contribution in [2.24, 2.45) is 5.92 Å². The van der Waals surface area contributed by atoms with Crippen LogP contribution in [0.25, 0.3) is 11.0 Å². The van der Waals surface area contributed by atoms with Gasteiger partial charge in [0.1, 0.15) is 5.58 Å². The van der Waals surface area contributed by atoms with Crippen molar-refractivity contribution in [1.82, 2.24) is 5.32 Å². The molecule has 0 fully saturated rings. The van der Waals surface area contributed by atoms with Gasteiger partial charge in [-0.2, -0.15) is 0 Å². The van der Waals surface area contributed by atoms with E-state index >= 15 is 0 Å². The Labute approximate surface area is 112 Å². The largest absolute Gasteiger partial charge is 0.451 e. The van der Waals surface area contributed by atoms with Gasteiger partial charge in [-0.3, -0.25) is 4.79 Å². The van der Waals surface area contributed by atoms with Crippen molar-refractivity contribution in [3.05, 3.63) is 36.1 Å². The molecule has 19 heavy (non-hydrogen) atoms. The molecule has 0 aliphatic carbocycles. The van der Waals surface area contributed by atoms with Crippen LogP contribution in [0.5, 0.6) is 0 Å². The van der Waals surface area contributed by atoms with Crippen molar-refractivity contribution in [3.8, 4) is 0 Å². The van der Waals surface area contributed by atoms with Crippen molar-refractivity contribution in [3.63, 3.8) is 0 Å². The predicted octanol–water partition coefficient (Wildman–Crippen LogP) is 2.57. The predicted molar refractivity (Wildman–Crippen MR) is 74.0 cm³/mol. The molecule has 1 heterocycles. The second-order valence-corrected chi connectivity index (χ2v) is 4.83. The summed E-state index contributed by atoms with van der Waals surface area (Å²) in [5.74, 6) is 0.437. The molecule has 2 aromatic rings. The highest BCUT2D eigenvalue weighted by molar-refractivity contribution is 5.95. The lowest BCUT2D eigenvalue weighted by atomic mass is 10.1. The van der Waals surface area contributed by atoms with Crippen LogP contribution >= 0.6 is 0 Å². The van der Waals surface area contributed by atoms with Crippen LogP contribution in [0.2, 0.25) is 0 Å². The highest BCUT2D eigenvalue weighted by atomic mass is 16.3. The monoisotopic (exact) mass is 261 g/mol. The molecule has 102 valence electrons. The maximum Gasteiger partial charge on any atom is 0.287 e. The number of amides is 1. The standard InChI is InChI=1S/C15H19NO3/c1-11(10-17)5-4-8-16-15(18)14-9-12-6-2-3-7-13(12)19-14/h2-3,6-7,9,11,17H,4-5,8,10H2,1H3,(H,16,18). The van der Waals surface area contributed by atoms with E-state index in [4.69, 9.17) is 9.52 Å². The average molecular weight is 261 g/mol. The van der Waals surface area contributed by atoms with E-state index in [9.17, 15) is 4.79 Å². The fourth-order valence-corrected chi connectivity index (χ4v) is 1.92. The maximum absolute atomic E-state index is 11.9. The summed E-state index contributed by atoms with van der Waals surface area (Å²) in [5, 5.41) is 12.7. The fourth-order valence-electron chi connectivity index (χ4n) is 1.92. The molecule has 1 aromatic carbocycles.